The van der Waals surface area contributed by atoms with E-state index >= 15 is 0 Å². The Morgan fingerprint density at radius 2 is 2.28 bits per heavy atom. The molecule has 1 aromatic rings. The van der Waals surface area contributed by atoms with Gasteiger partial charge in [-0.05, 0) is 32.0 Å². The first kappa shape index (κ1) is 13.7. The number of hydrogen-bond acceptors (Lipinski definition) is 4. The number of halogens is 2. The molecule has 1 aromatic heterocycles. The molecule has 1 fully saturated rings. The summed E-state index contributed by atoms with van der Waals surface area (Å²) >= 11 is 12.0. The van der Waals surface area contributed by atoms with Crippen molar-refractivity contribution in [2.24, 2.45) is 0 Å². The van der Waals surface area contributed by atoms with E-state index in [0.717, 1.165) is 19.5 Å². The van der Waals surface area contributed by atoms with Crippen LogP contribution in [0.4, 0.5) is 11.6 Å². The Kier molecular flexibility index (Phi) is 4.54. The van der Waals surface area contributed by atoms with Crippen molar-refractivity contribution >= 4 is 34.8 Å². The lowest BCUT2D eigenvalue weighted by Crippen LogP contribution is -2.42. The van der Waals surface area contributed by atoms with Crippen molar-refractivity contribution < 1.29 is 0 Å². The van der Waals surface area contributed by atoms with Gasteiger partial charge in [-0.15, -0.1) is 0 Å². The topological polar surface area (TPSA) is 54.2 Å². The smallest absolute Gasteiger partial charge is 0.147 e. The van der Waals surface area contributed by atoms with Crippen LogP contribution in [0.5, 0.6) is 0 Å². The lowest BCUT2D eigenvalue weighted by molar-refractivity contribution is 0.226. The van der Waals surface area contributed by atoms with Gasteiger partial charge >= 0.3 is 0 Å². The molecule has 1 unspecified atom stereocenters. The van der Waals surface area contributed by atoms with Gasteiger partial charge in [0, 0.05) is 12.6 Å². The minimum absolute atomic E-state index is 0.312. The fraction of sp³-hybridized carbons (Fsp3) is 0.583. The number of anilines is 2. The summed E-state index contributed by atoms with van der Waals surface area (Å²) in [5, 5.41) is 4.27. The van der Waals surface area contributed by atoms with Crippen molar-refractivity contribution in [3.05, 3.63) is 16.1 Å². The first-order chi connectivity index (χ1) is 8.60. The Morgan fingerprint density at radius 1 is 1.50 bits per heavy atom. The first-order valence-corrected chi connectivity index (χ1v) is 6.96. The third-order valence-corrected chi connectivity index (χ3v) is 3.84. The summed E-state index contributed by atoms with van der Waals surface area (Å²) in [4.78, 5) is 6.61. The second kappa shape index (κ2) is 5.95. The van der Waals surface area contributed by atoms with Crippen molar-refractivity contribution in [3.8, 4) is 0 Å². The molecule has 4 nitrogen and oxygen atoms in total. The van der Waals surface area contributed by atoms with Crippen LogP contribution in [0.25, 0.3) is 0 Å². The number of nitrogens with two attached hydrogens (primary N) is 1. The molecule has 3 N–H and O–H groups in total. The van der Waals surface area contributed by atoms with Crippen LogP contribution >= 0.6 is 23.2 Å². The lowest BCUT2D eigenvalue weighted by Gasteiger charge is -2.32. The highest BCUT2D eigenvalue weighted by Crippen LogP contribution is 2.28. The third kappa shape index (κ3) is 3.19. The minimum Gasteiger partial charge on any atom is -0.382 e. The van der Waals surface area contributed by atoms with Crippen LogP contribution in [0.15, 0.2) is 6.07 Å². The van der Waals surface area contributed by atoms with E-state index < -0.39 is 0 Å². The molecule has 18 heavy (non-hydrogen) atoms. The number of nitrogens with one attached hydrogen (secondary N) is 1. The van der Waals surface area contributed by atoms with Gasteiger partial charge in [0.2, 0.25) is 0 Å². The van der Waals surface area contributed by atoms with Gasteiger partial charge in [-0.1, -0.05) is 30.1 Å². The van der Waals surface area contributed by atoms with Crippen molar-refractivity contribution in [3.63, 3.8) is 0 Å². The first-order valence-electron chi connectivity index (χ1n) is 6.20. The van der Waals surface area contributed by atoms with Crippen molar-refractivity contribution in [1.29, 1.82) is 0 Å². The molecular formula is C12H18Cl2N4. The van der Waals surface area contributed by atoms with E-state index in [1.165, 1.54) is 13.0 Å². The minimum atomic E-state index is 0.312. The predicted molar refractivity (Wildman–Crippen MR) is 77.4 cm³/mol. The molecule has 0 bridgehead atoms. The number of aromatic nitrogens is 1. The summed E-state index contributed by atoms with van der Waals surface area (Å²) in [5.41, 5.74) is 5.70. The molecule has 1 aliphatic rings. The van der Waals surface area contributed by atoms with Gasteiger partial charge in [-0.3, -0.25) is 0 Å². The maximum atomic E-state index is 6.11. The van der Waals surface area contributed by atoms with E-state index in [1.807, 2.05) is 0 Å². The van der Waals surface area contributed by atoms with Crippen molar-refractivity contribution in [2.45, 2.75) is 25.8 Å². The second-order valence-corrected chi connectivity index (χ2v) is 5.38. The summed E-state index contributed by atoms with van der Waals surface area (Å²) in [6, 6.07) is 2.00. The molecule has 100 valence electrons. The quantitative estimate of drug-likeness (QED) is 0.898. The summed E-state index contributed by atoms with van der Waals surface area (Å²) in [5.74, 6) is 0.938. The molecule has 0 radical (unpaired) electrons. The number of hydrogen-bond donors (Lipinski definition) is 2. The summed E-state index contributed by atoms with van der Waals surface area (Å²) in [7, 11) is 0. The zero-order valence-electron chi connectivity index (χ0n) is 10.4. The number of likely N-dealkylation sites (N-methyl/N-ethyl adjacent to an activating group) is 1. The highest BCUT2D eigenvalue weighted by atomic mass is 35.5. The van der Waals surface area contributed by atoms with Crippen LogP contribution < -0.4 is 11.1 Å². The van der Waals surface area contributed by atoms with Gasteiger partial charge in [0.1, 0.15) is 11.6 Å². The summed E-state index contributed by atoms with van der Waals surface area (Å²) in [6.07, 6.45) is 2.31. The standard InChI is InChI=1S/C12H18Cl2N4/c1-2-18-5-3-4-8(7-18)16-12-10(14)6-9(13)11(15)17-12/h6,8H,2-5,7H2,1H3,(H3,15,16,17). The van der Waals surface area contributed by atoms with E-state index in [0.29, 0.717) is 27.7 Å². The van der Waals surface area contributed by atoms with Gasteiger partial charge in [-0.2, -0.15) is 0 Å². The van der Waals surface area contributed by atoms with E-state index in [9.17, 15) is 0 Å². The van der Waals surface area contributed by atoms with Crippen molar-refractivity contribution in [2.75, 3.05) is 30.7 Å². The van der Waals surface area contributed by atoms with Gasteiger partial charge in [0.15, 0.2) is 0 Å². The maximum Gasteiger partial charge on any atom is 0.147 e. The molecule has 1 atom stereocenters. The average molecular weight is 289 g/mol. The number of piperidine rings is 1. The number of rotatable bonds is 3. The molecule has 6 heteroatoms. The monoisotopic (exact) mass is 288 g/mol. The molecule has 2 heterocycles. The highest BCUT2D eigenvalue weighted by Gasteiger charge is 2.20. The van der Waals surface area contributed by atoms with E-state index in [4.69, 9.17) is 28.9 Å². The third-order valence-electron chi connectivity index (χ3n) is 3.25. The van der Waals surface area contributed by atoms with E-state index in [2.05, 4.69) is 22.1 Å². The number of nitrogen functional groups attached to an aromatic ring is 1. The SMILES string of the molecule is CCN1CCCC(Nc2nc(N)c(Cl)cc2Cl)C1. The maximum absolute atomic E-state index is 6.11. The molecule has 0 amide bonds. The molecule has 0 spiro atoms. The highest BCUT2D eigenvalue weighted by molar-refractivity contribution is 6.37. The van der Waals surface area contributed by atoms with Crippen LogP contribution in [0.2, 0.25) is 10.0 Å². The molecule has 0 aromatic carbocycles. The fourth-order valence-corrected chi connectivity index (χ4v) is 2.65. The Hall–Kier alpha value is -0.710. The zero-order chi connectivity index (χ0) is 13.1. The van der Waals surface area contributed by atoms with Crippen molar-refractivity contribution in [1.82, 2.24) is 9.88 Å². The normalized spacial score (nSPS) is 20.9. The van der Waals surface area contributed by atoms with Crippen LogP contribution in [0.3, 0.4) is 0 Å². The van der Waals surface area contributed by atoms with Gasteiger partial charge in [-0.25, -0.2) is 4.98 Å². The van der Waals surface area contributed by atoms with Crippen LogP contribution in [0.1, 0.15) is 19.8 Å². The molecule has 1 saturated heterocycles. The van der Waals surface area contributed by atoms with Gasteiger partial charge in [0.25, 0.3) is 0 Å². The molecular weight excluding hydrogens is 271 g/mol. The number of pyridine rings is 1. The predicted octanol–water partition coefficient (Wildman–Crippen LogP) is 2.87. The zero-order valence-corrected chi connectivity index (χ0v) is 11.9. The van der Waals surface area contributed by atoms with Gasteiger partial charge < -0.3 is 16.0 Å². The van der Waals surface area contributed by atoms with Crippen LogP contribution in [0, 0.1) is 0 Å². The molecule has 1 aliphatic heterocycles. The van der Waals surface area contributed by atoms with E-state index in [1.54, 1.807) is 6.07 Å². The molecule has 2 rings (SSSR count). The molecule has 0 aliphatic carbocycles. The Labute approximate surface area is 117 Å². The van der Waals surface area contributed by atoms with E-state index in [-0.39, 0.29) is 0 Å². The second-order valence-electron chi connectivity index (χ2n) is 4.56. The summed E-state index contributed by atoms with van der Waals surface area (Å²) < 4.78 is 0. The van der Waals surface area contributed by atoms with Crippen LogP contribution in [-0.4, -0.2) is 35.6 Å². The largest absolute Gasteiger partial charge is 0.382 e. The average Bonchev–Trinajstić information content (AvgIpc) is 2.36. The van der Waals surface area contributed by atoms with Gasteiger partial charge in [0.05, 0.1) is 10.0 Å². The Morgan fingerprint density at radius 3 is 3.00 bits per heavy atom. The molecule has 0 saturated carbocycles. The Balaban J connectivity index is 2.07. The summed E-state index contributed by atoms with van der Waals surface area (Å²) in [6.45, 7) is 5.42. The lowest BCUT2D eigenvalue weighted by atomic mass is 10.1. The number of nitrogens with zero attached hydrogens (tertiary/aromatic N) is 2. The Bertz CT molecular complexity index is 425. The van der Waals surface area contributed by atoms with Crippen LogP contribution in [-0.2, 0) is 0 Å². The fourth-order valence-electron chi connectivity index (χ4n) is 2.24. The number of likely N-dealkylation sites (tertiary alicyclic amines) is 1.